The van der Waals surface area contributed by atoms with Crippen LogP contribution in [0.15, 0.2) is 72.8 Å². The Hall–Kier alpha value is -4.39. The molecular formula is C30H27N3O4. The molecular weight excluding hydrogens is 466 g/mol. The number of nitrogens with zero attached hydrogens (tertiary/aromatic N) is 2. The number of amides is 3. The quantitative estimate of drug-likeness (QED) is 0.298. The summed E-state index contributed by atoms with van der Waals surface area (Å²) in [4.78, 5) is 46.8. The summed E-state index contributed by atoms with van der Waals surface area (Å²) in [5, 5.41) is 1.05. The number of carbonyl (C=O) groups excluding carboxylic acids is 3. The van der Waals surface area contributed by atoms with Crippen molar-refractivity contribution in [2.75, 3.05) is 12.0 Å². The highest BCUT2D eigenvalue weighted by atomic mass is 16.5. The monoisotopic (exact) mass is 493 g/mol. The molecule has 2 aliphatic heterocycles. The molecule has 0 unspecified atom stereocenters. The summed E-state index contributed by atoms with van der Waals surface area (Å²) in [6.45, 7) is 4.28. The number of esters is 1. The largest absolute Gasteiger partial charge is 0.465 e. The van der Waals surface area contributed by atoms with E-state index in [1.54, 1.807) is 29.2 Å². The average Bonchev–Trinajstić information content (AvgIpc) is 3.41. The molecule has 2 atom stereocenters. The van der Waals surface area contributed by atoms with Gasteiger partial charge in [0.1, 0.15) is 12.1 Å². The van der Waals surface area contributed by atoms with Gasteiger partial charge < -0.3 is 9.72 Å². The molecule has 0 saturated carbocycles. The molecule has 0 bridgehead atoms. The number of para-hydroxylation sites is 2. The molecule has 7 heteroatoms. The first kappa shape index (κ1) is 23.0. The van der Waals surface area contributed by atoms with Gasteiger partial charge in [0, 0.05) is 23.0 Å². The van der Waals surface area contributed by atoms with Crippen LogP contribution in [0.3, 0.4) is 0 Å². The van der Waals surface area contributed by atoms with E-state index in [1.165, 1.54) is 12.7 Å². The van der Waals surface area contributed by atoms with Crippen molar-refractivity contribution in [2.24, 2.45) is 0 Å². The molecule has 3 aromatic carbocycles. The van der Waals surface area contributed by atoms with Crippen LogP contribution >= 0.6 is 0 Å². The second kappa shape index (κ2) is 8.62. The molecule has 1 N–H and O–H groups in total. The first-order valence-electron chi connectivity index (χ1n) is 12.4. The molecule has 3 amide bonds. The third-order valence-electron chi connectivity index (χ3n) is 7.52. The van der Waals surface area contributed by atoms with Gasteiger partial charge in [0.15, 0.2) is 0 Å². The van der Waals surface area contributed by atoms with E-state index >= 15 is 0 Å². The minimum atomic E-state index is -0.695. The molecule has 1 saturated heterocycles. The third kappa shape index (κ3) is 3.45. The van der Waals surface area contributed by atoms with Crippen LogP contribution in [0.4, 0.5) is 10.5 Å². The predicted molar refractivity (Wildman–Crippen MR) is 141 cm³/mol. The third-order valence-corrected chi connectivity index (χ3v) is 7.52. The van der Waals surface area contributed by atoms with E-state index in [2.05, 4.69) is 31.0 Å². The summed E-state index contributed by atoms with van der Waals surface area (Å²) >= 11 is 0. The highest BCUT2D eigenvalue weighted by molar-refractivity contribution is 6.23. The molecule has 7 nitrogen and oxygen atoms in total. The van der Waals surface area contributed by atoms with Crippen LogP contribution in [0.5, 0.6) is 0 Å². The second-order valence-corrected chi connectivity index (χ2v) is 9.88. The average molecular weight is 494 g/mol. The van der Waals surface area contributed by atoms with Gasteiger partial charge >= 0.3 is 12.0 Å². The lowest BCUT2D eigenvalue weighted by Crippen LogP contribution is -2.44. The number of imide groups is 1. The summed E-state index contributed by atoms with van der Waals surface area (Å²) in [6.07, 6.45) is 0.390. The summed E-state index contributed by atoms with van der Waals surface area (Å²) < 4.78 is 4.93. The summed E-state index contributed by atoms with van der Waals surface area (Å²) in [6, 6.07) is 21.2. The molecule has 37 heavy (non-hydrogen) atoms. The number of benzene rings is 3. The Morgan fingerprint density at radius 3 is 2.41 bits per heavy atom. The van der Waals surface area contributed by atoms with E-state index in [-0.39, 0.29) is 17.2 Å². The summed E-state index contributed by atoms with van der Waals surface area (Å²) in [5.41, 5.74) is 5.47. The number of nitrogens with one attached hydrogen (secondary N) is 1. The molecule has 0 aliphatic carbocycles. The first-order valence-corrected chi connectivity index (χ1v) is 12.4. The van der Waals surface area contributed by atoms with Crippen molar-refractivity contribution in [3.8, 4) is 0 Å². The smallest absolute Gasteiger partial charge is 0.339 e. The predicted octanol–water partition coefficient (Wildman–Crippen LogP) is 5.56. The van der Waals surface area contributed by atoms with E-state index in [1.807, 2.05) is 36.4 Å². The molecule has 186 valence electrons. The topological polar surface area (TPSA) is 82.7 Å². The molecule has 4 aromatic rings. The number of anilines is 1. The molecule has 1 aromatic heterocycles. The van der Waals surface area contributed by atoms with Gasteiger partial charge in [-0.15, -0.1) is 0 Å². The minimum Gasteiger partial charge on any atom is -0.465 e. The number of hydrogen-bond donors (Lipinski definition) is 1. The van der Waals surface area contributed by atoms with Gasteiger partial charge in [-0.05, 0) is 40.8 Å². The van der Waals surface area contributed by atoms with Crippen molar-refractivity contribution in [1.29, 1.82) is 0 Å². The van der Waals surface area contributed by atoms with Gasteiger partial charge in [0.25, 0.3) is 5.91 Å². The van der Waals surface area contributed by atoms with Gasteiger partial charge in [-0.3, -0.25) is 9.69 Å². The Bertz CT molecular complexity index is 1550. The van der Waals surface area contributed by atoms with Crippen LogP contribution in [0.25, 0.3) is 10.9 Å². The van der Waals surface area contributed by atoms with E-state index in [4.69, 9.17) is 4.74 Å². The zero-order valence-corrected chi connectivity index (χ0v) is 20.9. The van der Waals surface area contributed by atoms with Crippen LogP contribution in [0.2, 0.25) is 0 Å². The number of hydrogen-bond acceptors (Lipinski definition) is 4. The van der Waals surface area contributed by atoms with Crippen LogP contribution < -0.4 is 4.90 Å². The van der Waals surface area contributed by atoms with Crippen molar-refractivity contribution in [3.63, 3.8) is 0 Å². The Kier molecular flexibility index (Phi) is 5.37. The molecule has 2 aliphatic rings. The number of aromatic amines is 1. The number of H-pyrrole nitrogens is 1. The molecule has 1 fully saturated rings. The van der Waals surface area contributed by atoms with Gasteiger partial charge in [-0.25, -0.2) is 14.5 Å². The Morgan fingerprint density at radius 1 is 0.973 bits per heavy atom. The van der Waals surface area contributed by atoms with Gasteiger partial charge in [0.05, 0.1) is 18.4 Å². The van der Waals surface area contributed by atoms with Gasteiger partial charge in [-0.2, -0.15) is 0 Å². The highest BCUT2D eigenvalue weighted by Gasteiger charge is 2.53. The Balaban J connectivity index is 1.52. The van der Waals surface area contributed by atoms with Gasteiger partial charge in [-0.1, -0.05) is 68.4 Å². The van der Waals surface area contributed by atoms with Crippen LogP contribution in [0, 0.1) is 0 Å². The fraction of sp³-hybridized carbons (Fsp3) is 0.233. The number of rotatable bonds is 4. The number of ether oxygens (including phenoxy) is 1. The van der Waals surface area contributed by atoms with Crippen molar-refractivity contribution in [3.05, 3.63) is 101 Å². The standard InChI is InChI=1S/C30H27N3O4/c1-17(2)18-12-14-19(15-13-18)27-26-22(20-8-4-6-10-23(20)31-26)16-25-28(34)33(30(36)32(25)27)24-11-7-5-9-21(24)29(35)37-3/h4-15,17,25,27,31H,16H2,1-3H3/t25-,27+/m0/s1. The lowest BCUT2D eigenvalue weighted by Gasteiger charge is -2.36. The van der Waals surface area contributed by atoms with Crippen molar-refractivity contribution < 1.29 is 19.1 Å². The molecule has 0 spiro atoms. The number of methoxy groups -OCH3 is 1. The van der Waals surface area contributed by atoms with E-state index in [9.17, 15) is 14.4 Å². The van der Waals surface area contributed by atoms with Crippen molar-refractivity contribution >= 4 is 34.5 Å². The maximum absolute atomic E-state index is 14.1. The molecule has 3 heterocycles. The van der Waals surface area contributed by atoms with Crippen LogP contribution in [-0.4, -0.2) is 40.9 Å². The normalized spacial score (nSPS) is 18.9. The maximum atomic E-state index is 14.1. The number of carbonyl (C=O) groups is 3. The minimum absolute atomic E-state index is 0.174. The molecule has 0 radical (unpaired) electrons. The summed E-state index contributed by atoms with van der Waals surface area (Å²) in [5.74, 6) is -0.573. The Labute approximate surface area is 214 Å². The SMILES string of the molecule is COC(=O)c1ccccc1N1C(=O)[C@@H]2Cc3c([nH]c4ccccc34)[C@@H](c3ccc(C(C)C)cc3)N2C1=O. The van der Waals surface area contributed by atoms with Crippen LogP contribution in [-0.2, 0) is 16.0 Å². The van der Waals surface area contributed by atoms with Crippen molar-refractivity contribution in [2.45, 2.75) is 38.3 Å². The number of fused-ring (bicyclic) bond motifs is 4. The zero-order valence-electron chi connectivity index (χ0n) is 20.9. The fourth-order valence-electron chi connectivity index (χ4n) is 5.66. The Morgan fingerprint density at radius 2 is 1.68 bits per heavy atom. The fourth-order valence-corrected chi connectivity index (χ4v) is 5.66. The summed E-state index contributed by atoms with van der Waals surface area (Å²) in [7, 11) is 1.28. The highest BCUT2D eigenvalue weighted by Crippen LogP contribution is 2.45. The lowest BCUT2D eigenvalue weighted by atomic mass is 9.88. The lowest BCUT2D eigenvalue weighted by molar-refractivity contribution is -0.120. The van der Waals surface area contributed by atoms with Crippen molar-refractivity contribution in [1.82, 2.24) is 9.88 Å². The molecule has 6 rings (SSSR count). The number of urea groups is 1. The second-order valence-electron chi connectivity index (χ2n) is 9.88. The van der Waals surface area contributed by atoms with E-state index in [0.29, 0.717) is 12.3 Å². The van der Waals surface area contributed by atoms with E-state index < -0.39 is 24.1 Å². The van der Waals surface area contributed by atoms with E-state index in [0.717, 1.165) is 32.6 Å². The zero-order chi connectivity index (χ0) is 25.8. The maximum Gasteiger partial charge on any atom is 0.339 e. The number of aromatic nitrogens is 1. The van der Waals surface area contributed by atoms with Gasteiger partial charge in [0.2, 0.25) is 0 Å². The first-order chi connectivity index (χ1) is 17.9. The van der Waals surface area contributed by atoms with Crippen LogP contribution in [0.1, 0.15) is 58.5 Å².